The molecule has 0 saturated carbocycles. The number of hydrogen-bond donors (Lipinski definition) is 3. The van der Waals surface area contributed by atoms with Gasteiger partial charge in [-0.05, 0) is 58.7 Å². The zero-order valence-corrected chi connectivity index (χ0v) is 27.2. The van der Waals surface area contributed by atoms with E-state index < -0.39 is 57.2 Å². The van der Waals surface area contributed by atoms with Crippen LogP contribution in [0.5, 0.6) is 0 Å². The zero-order chi connectivity index (χ0) is 34.2. The van der Waals surface area contributed by atoms with Crippen LogP contribution in [0.1, 0.15) is 32.3 Å². The largest absolute Gasteiger partial charge is 0.872 e. The van der Waals surface area contributed by atoms with Gasteiger partial charge in [-0.3, -0.25) is 13.4 Å². The highest BCUT2D eigenvalue weighted by atomic mass is 32.3. The third-order valence-corrected chi connectivity index (χ3v) is 9.99. The summed E-state index contributed by atoms with van der Waals surface area (Å²) in [6, 6.07) is 17.3. The maximum Gasteiger partial charge on any atom is 0.217 e. The summed E-state index contributed by atoms with van der Waals surface area (Å²) in [6.45, 7) is 2.24. The minimum Gasteiger partial charge on any atom is -0.872 e. The Balaban J connectivity index is 1.33. The predicted molar refractivity (Wildman–Crippen MR) is 171 cm³/mol. The van der Waals surface area contributed by atoms with Crippen LogP contribution in [0.3, 0.4) is 0 Å². The lowest BCUT2D eigenvalue weighted by Crippen LogP contribution is -2.56. The van der Waals surface area contributed by atoms with Gasteiger partial charge in [0.1, 0.15) is 18.9 Å². The molecule has 0 fully saturated rings. The molecule has 16 heteroatoms. The van der Waals surface area contributed by atoms with Crippen molar-refractivity contribution in [2.45, 2.75) is 44.1 Å². The van der Waals surface area contributed by atoms with Gasteiger partial charge in [-0.2, -0.15) is 0 Å². The number of hydrogen-bond acceptors (Lipinski definition) is 14. The molecule has 0 bridgehead atoms. The molecule has 4 aromatic carbocycles. The van der Waals surface area contributed by atoms with Crippen molar-refractivity contribution in [2.75, 3.05) is 29.2 Å². The summed E-state index contributed by atoms with van der Waals surface area (Å²) in [5.74, 6) is -0.400. The summed E-state index contributed by atoms with van der Waals surface area (Å²) < 4.78 is 76.3. The topological polar surface area (TPSA) is 227 Å². The lowest BCUT2D eigenvalue weighted by atomic mass is 9.78. The summed E-state index contributed by atoms with van der Waals surface area (Å²) in [5.41, 5.74) is -0.254. The quantitative estimate of drug-likeness (QED) is 0.162. The van der Waals surface area contributed by atoms with Gasteiger partial charge < -0.3 is 35.3 Å². The summed E-state index contributed by atoms with van der Waals surface area (Å²) in [4.78, 5) is 4.99. The van der Waals surface area contributed by atoms with Crippen molar-refractivity contribution in [2.24, 2.45) is 4.99 Å². The van der Waals surface area contributed by atoms with Gasteiger partial charge in [0.2, 0.25) is 20.8 Å². The van der Waals surface area contributed by atoms with E-state index in [4.69, 9.17) is 4.99 Å². The van der Waals surface area contributed by atoms with E-state index in [1.807, 2.05) is 24.3 Å². The number of nitrogens with zero attached hydrogens (tertiary/aromatic N) is 1. The van der Waals surface area contributed by atoms with Gasteiger partial charge in [0, 0.05) is 27.8 Å². The summed E-state index contributed by atoms with van der Waals surface area (Å²) in [5, 5.41) is 41.0. The Hall–Kier alpha value is -4.29. The maximum absolute atomic E-state index is 13.9. The Morgan fingerprint density at radius 3 is 1.92 bits per heavy atom. The van der Waals surface area contributed by atoms with E-state index in [0.717, 1.165) is 34.7 Å². The summed E-state index contributed by atoms with van der Waals surface area (Å²) >= 11 is 0. The van der Waals surface area contributed by atoms with Crippen LogP contribution >= 0.6 is 0 Å². The second-order valence-corrected chi connectivity index (χ2v) is 14.0. The Bertz CT molecular complexity index is 2360. The maximum atomic E-state index is 13.9. The molecule has 48 heavy (non-hydrogen) atoms. The van der Waals surface area contributed by atoms with Crippen LogP contribution in [0, 0.1) is 0 Å². The zero-order valence-electron chi connectivity index (χ0n) is 25.5. The first kappa shape index (κ1) is 32.3. The van der Waals surface area contributed by atoms with Gasteiger partial charge in [-0.15, -0.1) is 5.76 Å². The third kappa shape index (κ3) is 5.35. The van der Waals surface area contributed by atoms with Crippen LogP contribution < -0.4 is 36.7 Å². The molecule has 0 saturated heterocycles. The van der Waals surface area contributed by atoms with Gasteiger partial charge in [0.05, 0.1) is 5.36 Å². The molecule has 1 atom stereocenters. The predicted octanol–water partition coefficient (Wildman–Crippen LogP) is 0.707. The molecule has 14 nitrogen and oxygen atoms in total. The van der Waals surface area contributed by atoms with Crippen molar-refractivity contribution in [1.82, 2.24) is 0 Å². The minimum atomic E-state index is -5.22. The molecule has 0 amide bonds. The highest BCUT2D eigenvalue weighted by molar-refractivity contribution is 7.81. The van der Waals surface area contributed by atoms with E-state index in [2.05, 4.69) is 38.2 Å². The number of rotatable bonds is 9. The van der Waals surface area contributed by atoms with Gasteiger partial charge in [0.15, 0.2) is 5.66 Å². The average Bonchev–Trinajstić information content (AvgIpc) is 3.04. The first-order valence-corrected chi connectivity index (χ1v) is 17.7. The number of benzene rings is 4. The van der Waals surface area contributed by atoms with E-state index in [1.165, 1.54) is 6.07 Å². The minimum absolute atomic E-state index is 0.0615. The molecule has 0 spiro atoms. The van der Waals surface area contributed by atoms with Crippen molar-refractivity contribution >= 4 is 70.6 Å². The molecule has 3 aliphatic rings. The molecular formula is C32H28N4O10S2-4. The average molecular weight is 693 g/mol. The molecular weight excluding hydrogens is 665 g/mol. The van der Waals surface area contributed by atoms with Crippen LogP contribution in [-0.2, 0) is 29.2 Å². The molecule has 1 aliphatic carbocycles. The van der Waals surface area contributed by atoms with Crippen LogP contribution in [0.15, 0.2) is 71.4 Å². The molecule has 0 aromatic heterocycles. The lowest BCUT2D eigenvalue weighted by Gasteiger charge is -2.47. The first-order chi connectivity index (χ1) is 22.7. The monoisotopic (exact) mass is 692 g/mol. The highest BCUT2D eigenvalue weighted by Gasteiger charge is 2.38. The second kappa shape index (κ2) is 11.1. The van der Waals surface area contributed by atoms with Gasteiger partial charge in [-0.25, -0.2) is 16.8 Å². The molecule has 252 valence electrons. The molecule has 2 heterocycles. The fraction of sp³-hybridized carbons (Fsp3) is 0.281. The molecule has 7 rings (SSSR count). The summed E-state index contributed by atoms with van der Waals surface area (Å²) in [6.07, 6.45) is 0.0917. The van der Waals surface area contributed by atoms with Crippen LogP contribution in [0.4, 0.5) is 17.1 Å². The lowest BCUT2D eigenvalue weighted by molar-refractivity contribution is -0.393. The van der Waals surface area contributed by atoms with E-state index in [9.17, 15) is 36.2 Å². The molecule has 2 aliphatic heterocycles. The fourth-order valence-electron chi connectivity index (χ4n) is 6.82. The van der Waals surface area contributed by atoms with E-state index in [1.54, 1.807) is 30.3 Å². The van der Waals surface area contributed by atoms with Gasteiger partial charge in [-0.1, -0.05) is 67.5 Å². The molecule has 4 aromatic rings. The normalized spacial score (nSPS) is 20.4. The van der Waals surface area contributed by atoms with Crippen molar-refractivity contribution in [1.29, 1.82) is 0 Å². The van der Waals surface area contributed by atoms with Crippen molar-refractivity contribution in [3.05, 3.63) is 82.6 Å². The Morgan fingerprint density at radius 2 is 1.33 bits per heavy atom. The van der Waals surface area contributed by atoms with Crippen molar-refractivity contribution in [3.63, 3.8) is 0 Å². The Labute approximate surface area is 275 Å². The van der Waals surface area contributed by atoms with E-state index in [0.29, 0.717) is 32.9 Å². The fourth-order valence-corrected chi connectivity index (χ4v) is 7.51. The number of nitrogens with one attached hydrogen (secondary N) is 3. The number of anilines is 3. The van der Waals surface area contributed by atoms with Crippen molar-refractivity contribution < 1.29 is 44.5 Å². The standard InChI is InChI=1S/C32H31N4O10S2/c1-3-31(4-2)33-21-9-5-7-17-19(11-13-23(34-31)25(17)21)27-29(37)28(30(27)38)20-12-14-24-26-18(20)8-6-10-22(26)35-32(36-24,15-45-47(39,40)41)16-46-48(42,43)44/h5-14,29,33,35-36,38H,3-4,15-16H2,1-2H3,(H,39,40,41)(H,42,43,44)/q-1/p-3. The van der Waals surface area contributed by atoms with E-state index >= 15 is 0 Å². The Morgan fingerprint density at radius 1 is 0.750 bits per heavy atom. The first-order valence-electron chi connectivity index (χ1n) is 15.0. The Kier molecular flexibility index (Phi) is 7.48. The molecule has 0 radical (unpaired) electrons. The van der Waals surface area contributed by atoms with Gasteiger partial charge >= 0.3 is 0 Å². The summed E-state index contributed by atoms with van der Waals surface area (Å²) in [7, 11) is -10.4. The highest BCUT2D eigenvalue weighted by Crippen LogP contribution is 2.45. The molecule has 1 unspecified atom stereocenters. The van der Waals surface area contributed by atoms with E-state index in [-0.39, 0.29) is 11.1 Å². The SMILES string of the molecule is CCC1(CC)N=c2ccc(=C3C([O-])=C(c4ccc5c6c(cccc46)NC(COS(=O)(=O)[O-])(COS(=O)(=O)[O-])N5)C3[O-])c3cccc(c23)N1. The van der Waals surface area contributed by atoms with Crippen LogP contribution in [0.25, 0.3) is 32.7 Å². The van der Waals surface area contributed by atoms with Crippen LogP contribution in [-0.4, -0.2) is 56.6 Å². The van der Waals surface area contributed by atoms with Crippen molar-refractivity contribution in [3.8, 4) is 0 Å². The molecule has 3 N–H and O–H groups in total. The third-order valence-electron chi connectivity index (χ3n) is 9.17. The smallest absolute Gasteiger partial charge is 0.217 e. The van der Waals surface area contributed by atoms with Gasteiger partial charge in [0.25, 0.3) is 0 Å². The van der Waals surface area contributed by atoms with Crippen LogP contribution in [0.2, 0.25) is 0 Å². The second-order valence-electron chi connectivity index (χ2n) is 11.9.